The predicted octanol–water partition coefficient (Wildman–Crippen LogP) is 2.32. The van der Waals surface area contributed by atoms with E-state index < -0.39 is 0 Å². The molecule has 2 aromatic rings. The lowest BCUT2D eigenvalue weighted by molar-refractivity contribution is 0.631. The van der Waals surface area contributed by atoms with Crippen LogP contribution >= 0.6 is 15.9 Å². The largest absolute Gasteiger partial charge is 0.355 e. The number of hydrogen-bond acceptors (Lipinski definition) is 3. The summed E-state index contributed by atoms with van der Waals surface area (Å²) in [6.07, 6.45) is 3.82. The van der Waals surface area contributed by atoms with Gasteiger partial charge in [0.05, 0.1) is 0 Å². The van der Waals surface area contributed by atoms with Gasteiger partial charge in [0.15, 0.2) is 5.96 Å². The number of aromatic nitrogens is 3. The zero-order valence-corrected chi connectivity index (χ0v) is 15.6. The van der Waals surface area contributed by atoms with E-state index in [-0.39, 0.29) is 0 Å². The summed E-state index contributed by atoms with van der Waals surface area (Å²) >= 11 is 3.48. The quantitative estimate of drug-likeness (QED) is 0.586. The van der Waals surface area contributed by atoms with Crippen LogP contribution in [0, 0.1) is 0 Å². The van der Waals surface area contributed by atoms with Crippen LogP contribution < -0.4 is 10.6 Å². The van der Waals surface area contributed by atoms with E-state index in [0.29, 0.717) is 12.0 Å². The molecule has 0 spiro atoms. The molecule has 1 aliphatic carbocycles. The van der Waals surface area contributed by atoms with Crippen molar-refractivity contribution < 1.29 is 0 Å². The Morgan fingerprint density at radius 2 is 2.17 bits per heavy atom. The number of hydrogen-bond donors (Lipinski definition) is 2. The van der Waals surface area contributed by atoms with E-state index in [0.717, 1.165) is 42.2 Å². The smallest absolute Gasteiger partial charge is 0.191 e. The Morgan fingerprint density at radius 1 is 1.38 bits per heavy atom. The number of aryl methyl sites for hydroxylation is 1. The molecule has 24 heavy (non-hydrogen) atoms. The molecule has 1 heterocycles. The average Bonchev–Trinajstić information content (AvgIpc) is 3.21. The molecule has 128 valence electrons. The molecule has 2 atom stereocenters. The minimum Gasteiger partial charge on any atom is -0.355 e. The monoisotopic (exact) mass is 390 g/mol. The first-order valence-corrected chi connectivity index (χ1v) is 9.10. The Balaban J connectivity index is 1.45. The van der Waals surface area contributed by atoms with Crippen LogP contribution in [0.2, 0.25) is 0 Å². The van der Waals surface area contributed by atoms with Gasteiger partial charge in [-0.15, -0.1) is 10.2 Å². The van der Waals surface area contributed by atoms with Crippen LogP contribution in [0.25, 0.3) is 0 Å². The number of halogens is 1. The molecule has 3 rings (SSSR count). The Bertz CT molecular complexity index is 693. The zero-order chi connectivity index (χ0) is 16.9. The van der Waals surface area contributed by atoms with Gasteiger partial charge < -0.3 is 15.2 Å². The van der Waals surface area contributed by atoms with Gasteiger partial charge in [-0.25, -0.2) is 0 Å². The normalized spacial score (nSPS) is 20.0. The van der Waals surface area contributed by atoms with Crippen molar-refractivity contribution >= 4 is 21.9 Å². The van der Waals surface area contributed by atoms with Gasteiger partial charge in [-0.2, -0.15) is 0 Å². The second kappa shape index (κ2) is 7.79. The van der Waals surface area contributed by atoms with Crippen molar-refractivity contribution in [3.05, 3.63) is 46.5 Å². The third kappa shape index (κ3) is 4.14. The van der Waals surface area contributed by atoms with Crippen molar-refractivity contribution in [3.63, 3.8) is 0 Å². The summed E-state index contributed by atoms with van der Waals surface area (Å²) in [6, 6.07) is 9.03. The maximum absolute atomic E-state index is 4.32. The molecule has 7 heteroatoms. The van der Waals surface area contributed by atoms with Gasteiger partial charge in [0.25, 0.3) is 0 Å². The molecule has 0 aliphatic heterocycles. The Kier molecular flexibility index (Phi) is 5.50. The number of rotatable bonds is 6. The second-order valence-corrected chi connectivity index (χ2v) is 6.85. The Hall–Kier alpha value is -1.89. The lowest BCUT2D eigenvalue weighted by Gasteiger charge is -2.12. The highest BCUT2D eigenvalue weighted by atomic mass is 79.9. The third-order valence-corrected chi connectivity index (χ3v) is 4.82. The van der Waals surface area contributed by atoms with Crippen LogP contribution in [0.1, 0.15) is 30.7 Å². The van der Waals surface area contributed by atoms with E-state index in [1.165, 1.54) is 5.56 Å². The predicted molar refractivity (Wildman–Crippen MR) is 99.2 cm³/mol. The van der Waals surface area contributed by atoms with E-state index >= 15 is 0 Å². The van der Waals surface area contributed by atoms with Crippen molar-refractivity contribution in [2.24, 2.45) is 4.99 Å². The minimum absolute atomic E-state index is 0.457. The number of nitrogens with zero attached hydrogens (tertiary/aromatic N) is 4. The molecule has 2 N–H and O–H groups in total. The summed E-state index contributed by atoms with van der Waals surface area (Å²) in [5, 5.41) is 14.9. The fraction of sp³-hybridized carbons (Fsp3) is 0.471. The molecular weight excluding hydrogens is 368 g/mol. The van der Waals surface area contributed by atoms with Crippen LogP contribution in [0.15, 0.2) is 40.1 Å². The number of nitrogens with one attached hydrogen (secondary N) is 2. The summed E-state index contributed by atoms with van der Waals surface area (Å²) in [5.41, 5.74) is 1.38. The average molecular weight is 391 g/mol. The lowest BCUT2D eigenvalue weighted by atomic mass is 10.1. The maximum atomic E-state index is 4.32. The second-order valence-electron chi connectivity index (χ2n) is 5.94. The first-order chi connectivity index (χ1) is 11.7. The van der Waals surface area contributed by atoms with Crippen molar-refractivity contribution in [1.82, 2.24) is 25.4 Å². The van der Waals surface area contributed by atoms with E-state index in [2.05, 4.69) is 77.5 Å². The fourth-order valence-electron chi connectivity index (χ4n) is 2.84. The molecule has 0 radical (unpaired) electrons. The molecule has 1 fully saturated rings. The molecule has 1 saturated carbocycles. The summed E-state index contributed by atoms with van der Waals surface area (Å²) in [7, 11) is 1.81. The van der Waals surface area contributed by atoms with Crippen molar-refractivity contribution in [2.45, 2.75) is 38.3 Å². The van der Waals surface area contributed by atoms with Crippen LogP contribution in [0.4, 0.5) is 0 Å². The van der Waals surface area contributed by atoms with E-state index in [1.807, 2.05) is 7.05 Å². The first-order valence-electron chi connectivity index (χ1n) is 8.30. The molecule has 2 unspecified atom stereocenters. The maximum Gasteiger partial charge on any atom is 0.191 e. The summed E-state index contributed by atoms with van der Waals surface area (Å²) in [6.45, 7) is 3.71. The van der Waals surface area contributed by atoms with Crippen LogP contribution in [0.5, 0.6) is 0 Å². The van der Waals surface area contributed by atoms with Crippen molar-refractivity contribution in [2.75, 3.05) is 13.6 Å². The van der Waals surface area contributed by atoms with Gasteiger partial charge in [-0.1, -0.05) is 35.0 Å². The Labute approximate surface area is 150 Å². The van der Waals surface area contributed by atoms with Crippen molar-refractivity contribution in [3.8, 4) is 0 Å². The molecule has 1 aromatic carbocycles. The zero-order valence-electron chi connectivity index (χ0n) is 14.0. The number of aliphatic imine (C=N–C) groups is 1. The summed E-state index contributed by atoms with van der Waals surface area (Å²) in [5.74, 6) is 2.43. The molecule has 0 bridgehead atoms. The van der Waals surface area contributed by atoms with E-state index in [9.17, 15) is 0 Å². The standard InChI is InChI=1S/C17H23BrN6/c1-3-16-23-21-11-24(16)9-8-20-17(19-2)22-15-10-14(15)12-4-6-13(18)7-5-12/h4-7,11,14-15H,3,8-10H2,1-2H3,(H2,19,20,22). The van der Waals surface area contributed by atoms with Gasteiger partial charge in [0, 0.05) is 43.0 Å². The molecular formula is C17H23BrN6. The van der Waals surface area contributed by atoms with Gasteiger partial charge in [0.1, 0.15) is 12.2 Å². The van der Waals surface area contributed by atoms with Crippen molar-refractivity contribution in [1.29, 1.82) is 0 Å². The summed E-state index contributed by atoms with van der Waals surface area (Å²) in [4.78, 5) is 4.32. The van der Waals surface area contributed by atoms with Crippen LogP contribution in [-0.2, 0) is 13.0 Å². The fourth-order valence-corrected chi connectivity index (χ4v) is 3.10. The number of benzene rings is 1. The topological polar surface area (TPSA) is 67.1 Å². The first kappa shape index (κ1) is 17.0. The molecule has 0 amide bonds. The molecule has 1 aromatic heterocycles. The van der Waals surface area contributed by atoms with E-state index in [1.54, 1.807) is 6.33 Å². The highest BCUT2D eigenvalue weighted by Gasteiger charge is 2.38. The summed E-state index contributed by atoms with van der Waals surface area (Å²) < 4.78 is 3.19. The number of guanidine groups is 1. The van der Waals surface area contributed by atoms with Gasteiger partial charge in [0.2, 0.25) is 0 Å². The minimum atomic E-state index is 0.457. The van der Waals surface area contributed by atoms with Crippen LogP contribution in [-0.4, -0.2) is 40.4 Å². The van der Waals surface area contributed by atoms with Gasteiger partial charge in [-0.3, -0.25) is 4.99 Å². The molecule has 6 nitrogen and oxygen atoms in total. The van der Waals surface area contributed by atoms with Gasteiger partial charge in [-0.05, 0) is 24.1 Å². The van der Waals surface area contributed by atoms with E-state index in [4.69, 9.17) is 0 Å². The molecule has 1 aliphatic rings. The SMILES string of the molecule is CCc1nncn1CCNC(=NC)NC1CC1c1ccc(Br)cc1. The highest BCUT2D eigenvalue weighted by molar-refractivity contribution is 9.10. The Morgan fingerprint density at radius 3 is 2.88 bits per heavy atom. The van der Waals surface area contributed by atoms with Gasteiger partial charge >= 0.3 is 0 Å². The molecule has 0 saturated heterocycles. The highest BCUT2D eigenvalue weighted by Crippen LogP contribution is 2.40. The lowest BCUT2D eigenvalue weighted by Crippen LogP contribution is -2.40. The third-order valence-electron chi connectivity index (χ3n) is 4.29. The van der Waals surface area contributed by atoms with Crippen LogP contribution in [0.3, 0.4) is 0 Å².